The molecular weight excluding hydrogens is 171 g/mol. The number of nitrogens with one attached hydrogen (secondary N) is 1. The summed E-state index contributed by atoms with van der Waals surface area (Å²) < 4.78 is 37.0. The number of hydrogen-bond donors (Lipinski definition) is 2. The molecule has 5 heteroatoms. The first-order valence-electron chi connectivity index (χ1n) is 3.96. The zero-order chi connectivity index (χ0) is 8.98. The van der Waals surface area contributed by atoms with Crippen LogP contribution in [0, 0.1) is 5.92 Å². The smallest absolute Gasteiger partial charge is 0.380 e. The van der Waals surface area contributed by atoms with Crippen molar-refractivity contribution in [1.29, 1.82) is 0 Å². The van der Waals surface area contributed by atoms with E-state index < -0.39 is 17.7 Å². The minimum atomic E-state index is -4.46. The molecular formula is C7H10F3NO. The number of piperidine rings is 1. The molecule has 3 atom stereocenters. The maximum atomic E-state index is 12.3. The molecule has 1 aliphatic carbocycles. The van der Waals surface area contributed by atoms with Gasteiger partial charge in [-0.3, -0.25) is 0 Å². The van der Waals surface area contributed by atoms with Crippen LogP contribution in [0.2, 0.25) is 0 Å². The second kappa shape index (κ2) is 2.14. The molecule has 1 aliphatic heterocycles. The Hall–Kier alpha value is -0.290. The number of aliphatic hydroxyl groups is 1. The van der Waals surface area contributed by atoms with Crippen molar-refractivity contribution in [2.24, 2.45) is 5.92 Å². The van der Waals surface area contributed by atoms with Crippen LogP contribution in [0.25, 0.3) is 0 Å². The Labute approximate surface area is 67.8 Å². The van der Waals surface area contributed by atoms with Gasteiger partial charge in [0.2, 0.25) is 0 Å². The fourth-order valence-corrected chi connectivity index (χ4v) is 2.23. The van der Waals surface area contributed by atoms with Gasteiger partial charge in [0.15, 0.2) is 5.60 Å². The van der Waals surface area contributed by atoms with Crippen LogP contribution in [-0.2, 0) is 0 Å². The lowest BCUT2D eigenvalue weighted by molar-refractivity contribution is -0.274. The number of fused-ring (bicyclic) bond motifs is 2. The van der Waals surface area contributed by atoms with E-state index in [-0.39, 0.29) is 12.5 Å². The molecule has 2 N–H and O–H groups in total. The SMILES string of the molecule is O[C@@]1(C(F)(F)F)C[C@H]2C[C@H]1CN2. The molecule has 2 nitrogen and oxygen atoms in total. The van der Waals surface area contributed by atoms with Crippen LogP contribution >= 0.6 is 0 Å². The highest BCUT2D eigenvalue weighted by Crippen LogP contribution is 2.49. The van der Waals surface area contributed by atoms with Crippen molar-refractivity contribution < 1.29 is 18.3 Å². The van der Waals surface area contributed by atoms with Crippen molar-refractivity contribution in [2.45, 2.75) is 30.7 Å². The molecule has 1 saturated heterocycles. The summed E-state index contributed by atoms with van der Waals surface area (Å²) >= 11 is 0. The Bertz CT molecular complexity index is 205. The first kappa shape index (κ1) is 8.31. The van der Waals surface area contributed by atoms with E-state index in [1.807, 2.05) is 0 Å². The minimum absolute atomic E-state index is 0.137. The lowest BCUT2D eigenvalue weighted by Gasteiger charge is -2.34. The summed E-state index contributed by atoms with van der Waals surface area (Å²) in [7, 11) is 0. The Kier molecular flexibility index (Phi) is 1.48. The molecule has 2 rings (SSSR count). The predicted molar refractivity (Wildman–Crippen MR) is 35.5 cm³/mol. The Balaban J connectivity index is 2.23. The van der Waals surface area contributed by atoms with E-state index in [1.165, 1.54) is 0 Å². The second-order valence-corrected chi connectivity index (χ2v) is 3.66. The van der Waals surface area contributed by atoms with E-state index in [0.717, 1.165) is 0 Å². The molecule has 2 bridgehead atoms. The molecule has 0 unspecified atom stereocenters. The van der Waals surface area contributed by atoms with Crippen molar-refractivity contribution in [3.8, 4) is 0 Å². The van der Waals surface area contributed by atoms with Crippen LogP contribution in [0.4, 0.5) is 13.2 Å². The van der Waals surface area contributed by atoms with Crippen molar-refractivity contribution in [3.63, 3.8) is 0 Å². The van der Waals surface area contributed by atoms with Gasteiger partial charge in [-0.05, 0) is 6.42 Å². The van der Waals surface area contributed by atoms with Gasteiger partial charge in [-0.15, -0.1) is 0 Å². The fourth-order valence-electron chi connectivity index (χ4n) is 2.23. The van der Waals surface area contributed by atoms with E-state index in [0.29, 0.717) is 13.0 Å². The molecule has 0 aromatic heterocycles. The maximum absolute atomic E-state index is 12.3. The second-order valence-electron chi connectivity index (χ2n) is 3.66. The molecule has 0 aromatic carbocycles. The van der Waals surface area contributed by atoms with Gasteiger partial charge in [-0.25, -0.2) is 0 Å². The summed E-state index contributed by atoms with van der Waals surface area (Å²) in [6.45, 7) is 0.292. The quantitative estimate of drug-likeness (QED) is 0.575. The monoisotopic (exact) mass is 181 g/mol. The summed E-state index contributed by atoms with van der Waals surface area (Å²) in [6, 6.07) is -0.137. The first-order chi connectivity index (χ1) is 5.43. The van der Waals surface area contributed by atoms with Gasteiger partial charge in [0.25, 0.3) is 0 Å². The number of alkyl halides is 3. The molecule has 1 heterocycles. The molecule has 2 aliphatic rings. The topological polar surface area (TPSA) is 32.3 Å². The lowest BCUT2D eigenvalue weighted by atomic mass is 9.89. The molecule has 12 heavy (non-hydrogen) atoms. The molecule has 2 fully saturated rings. The van der Waals surface area contributed by atoms with Crippen molar-refractivity contribution in [1.82, 2.24) is 5.32 Å². The van der Waals surface area contributed by atoms with Gasteiger partial charge in [-0.2, -0.15) is 13.2 Å². The van der Waals surface area contributed by atoms with E-state index >= 15 is 0 Å². The number of rotatable bonds is 0. The lowest BCUT2D eigenvalue weighted by Crippen LogP contribution is -2.53. The Morgan fingerprint density at radius 2 is 2.08 bits per heavy atom. The van der Waals surface area contributed by atoms with Crippen LogP contribution < -0.4 is 5.32 Å². The third-order valence-corrected chi connectivity index (χ3v) is 2.95. The maximum Gasteiger partial charge on any atom is 0.417 e. The van der Waals surface area contributed by atoms with Gasteiger partial charge < -0.3 is 10.4 Å². The molecule has 0 spiro atoms. The van der Waals surface area contributed by atoms with Gasteiger partial charge in [0, 0.05) is 24.9 Å². The third kappa shape index (κ3) is 0.894. The summed E-state index contributed by atoms with van der Waals surface area (Å²) in [5.41, 5.74) is -2.41. The summed E-state index contributed by atoms with van der Waals surface area (Å²) in [6.07, 6.45) is -4.19. The molecule has 0 aromatic rings. The van der Waals surface area contributed by atoms with E-state index in [1.54, 1.807) is 0 Å². The average molecular weight is 181 g/mol. The van der Waals surface area contributed by atoms with Crippen molar-refractivity contribution in [3.05, 3.63) is 0 Å². The zero-order valence-electron chi connectivity index (χ0n) is 6.36. The van der Waals surface area contributed by atoms with Crippen LogP contribution in [-0.4, -0.2) is 29.5 Å². The van der Waals surface area contributed by atoms with Gasteiger partial charge >= 0.3 is 6.18 Å². The Morgan fingerprint density at radius 3 is 2.33 bits per heavy atom. The Morgan fingerprint density at radius 1 is 1.42 bits per heavy atom. The normalized spacial score (nSPS) is 47.0. The van der Waals surface area contributed by atoms with Crippen molar-refractivity contribution in [2.75, 3.05) is 6.54 Å². The first-order valence-corrected chi connectivity index (χ1v) is 3.96. The zero-order valence-corrected chi connectivity index (χ0v) is 6.36. The number of halogens is 3. The van der Waals surface area contributed by atoms with Crippen LogP contribution in [0.15, 0.2) is 0 Å². The summed E-state index contributed by atoms with van der Waals surface area (Å²) in [4.78, 5) is 0. The molecule has 0 amide bonds. The van der Waals surface area contributed by atoms with E-state index in [2.05, 4.69) is 5.32 Å². The van der Waals surface area contributed by atoms with Gasteiger partial charge in [0.05, 0.1) is 0 Å². The molecule has 1 saturated carbocycles. The largest absolute Gasteiger partial charge is 0.417 e. The standard InChI is InChI=1S/C7H10F3NO/c8-7(9,10)6(12)2-5-1-4(6)3-11-5/h4-5,11-12H,1-3H2/t4-,5+,6-/m0/s1. The predicted octanol–water partition coefficient (Wildman–Crippen LogP) is 0.662. The van der Waals surface area contributed by atoms with Gasteiger partial charge in [0.1, 0.15) is 0 Å². The minimum Gasteiger partial charge on any atom is -0.380 e. The molecule has 70 valence electrons. The number of hydrogen-bond acceptors (Lipinski definition) is 2. The third-order valence-electron chi connectivity index (χ3n) is 2.95. The van der Waals surface area contributed by atoms with Crippen LogP contribution in [0.1, 0.15) is 12.8 Å². The summed E-state index contributed by atoms with van der Waals surface area (Å²) in [5, 5.41) is 12.3. The van der Waals surface area contributed by atoms with E-state index in [9.17, 15) is 18.3 Å². The highest BCUT2D eigenvalue weighted by molar-refractivity contribution is 5.08. The van der Waals surface area contributed by atoms with Crippen LogP contribution in [0.5, 0.6) is 0 Å². The fraction of sp³-hybridized carbons (Fsp3) is 1.00. The highest BCUT2D eigenvalue weighted by atomic mass is 19.4. The molecule has 0 radical (unpaired) electrons. The highest BCUT2D eigenvalue weighted by Gasteiger charge is 2.64. The average Bonchev–Trinajstić information content (AvgIpc) is 2.43. The summed E-state index contributed by atoms with van der Waals surface area (Å²) in [5.74, 6) is -0.637. The van der Waals surface area contributed by atoms with Crippen molar-refractivity contribution >= 4 is 0 Å². The van der Waals surface area contributed by atoms with Crippen LogP contribution in [0.3, 0.4) is 0 Å². The van der Waals surface area contributed by atoms with Gasteiger partial charge in [-0.1, -0.05) is 0 Å². The van der Waals surface area contributed by atoms with E-state index in [4.69, 9.17) is 0 Å².